The van der Waals surface area contributed by atoms with Gasteiger partial charge in [-0.1, -0.05) is 11.6 Å². The molecule has 7 heteroatoms. The molecule has 1 saturated heterocycles. The summed E-state index contributed by atoms with van der Waals surface area (Å²) in [6, 6.07) is 9.16. The molecule has 1 fully saturated rings. The highest BCUT2D eigenvalue weighted by atomic mass is 35.5. The van der Waals surface area contributed by atoms with Crippen LogP contribution in [0.5, 0.6) is 0 Å². The highest BCUT2D eigenvalue weighted by Gasteiger charge is 2.36. The maximum absolute atomic E-state index is 12.6. The van der Waals surface area contributed by atoms with E-state index in [1.54, 1.807) is 24.3 Å². The first-order valence-electron chi connectivity index (χ1n) is 6.69. The average molecular weight is 347 g/mol. The molecule has 0 radical (unpaired) electrons. The second kappa shape index (κ2) is 5.98. The van der Waals surface area contributed by atoms with Crippen molar-refractivity contribution in [2.24, 2.45) is 0 Å². The highest BCUT2D eigenvalue weighted by molar-refractivity contribution is 7.12. The fourth-order valence-electron chi connectivity index (χ4n) is 2.16. The van der Waals surface area contributed by atoms with Gasteiger partial charge in [0, 0.05) is 14.8 Å². The Morgan fingerprint density at radius 1 is 1.09 bits per heavy atom. The van der Waals surface area contributed by atoms with Gasteiger partial charge in [-0.2, -0.15) is 0 Å². The lowest BCUT2D eigenvalue weighted by molar-refractivity contribution is -0.122. The third-order valence-corrected chi connectivity index (χ3v) is 4.43. The highest BCUT2D eigenvalue weighted by Crippen LogP contribution is 2.25. The van der Waals surface area contributed by atoms with Crippen LogP contribution in [0, 0.1) is 6.92 Å². The molecular weight excluding hydrogens is 336 g/mol. The third-order valence-electron chi connectivity index (χ3n) is 3.23. The van der Waals surface area contributed by atoms with Gasteiger partial charge >= 0.3 is 6.03 Å². The molecule has 1 aromatic heterocycles. The van der Waals surface area contributed by atoms with Crippen LogP contribution >= 0.6 is 22.9 Å². The van der Waals surface area contributed by atoms with Crippen LogP contribution in [0.4, 0.5) is 10.5 Å². The Morgan fingerprint density at radius 3 is 2.39 bits per heavy atom. The van der Waals surface area contributed by atoms with E-state index in [0.29, 0.717) is 10.7 Å². The molecule has 0 saturated carbocycles. The Morgan fingerprint density at radius 2 is 1.78 bits per heavy atom. The first kappa shape index (κ1) is 15.5. The number of carbonyl (C=O) groups is 3. The quantitative estimate of drug-likeness (QED) is 0.669. The molecule has 0 atom stereocenters. The number of thiophene rings is 1. The molecule has 4 amide bonds. The van der Waals surface area contributed by atoms with Crippen molar-refractivity contribution in [1.29, 1.82) is 0 Å². The number of rotatable bonds is 2. The van der Waals surface area contributed by atoms with Crippen LogP contribution in [0.2, 0.25) is 5.02 Å². The minimum Gasteiger partial charge on any atom is -0.273 e. The Hall–Kier alpha value is -2.44. The number of halogens is 1. The van der Waals surface area contributed by atoms with E-state index in [9.17, 15) is 14.4 Å². The number of hydrogen-bond donors (Lipinski definition) is 1. The summed E-state index contributed by atoms with van der Waals surface area (Å²) in [7, 11) is 0. The van der Waals surface area contributed by atoms with Gasteiger partial charge in [-0.05, 0) is 49.4 Å². The van der Waals surface area contributed by atoms with Crippen molar-refractivity contribution in [3.8, 4) is 0 Å². The van der Waals surface area contributed by atoms with E-state index in [1.807, 2.05) is 19.1 Å². The van der Waals surface area contributed by atoms with Crippen molar-refractivity contribution in [3.63, 3.8) is 0 Å². The Bertz CT molecular complexity index is 839. The van der Waals surface area contributed by atoms with Gasteiger partial charge in [0.2, 0.25) is 0 Å². The number of barbiturate groups is 1. The van der Waals surface area contributed by atoms with Crippen LogP contribution in [-0.4, -0.2) is 17.8 Å². The SMILES string of the molecule is Cc1ccc(C=C2C(=O)NC(=O)N(c3ccc(Cl)cc3)C2=O)s1. The number of anilines is 1. The van der Waals surface area contributed by atoms with Crippen LogP contribution in [0.15, 0.2) is 42.0 Å². The number of nitrogens with one attached hydrogen (secondary N) is 1. The second-order valence-electron chi connectivity index (χ2n) is 4.88. The molecule has 0 aliphatic carbocycles. The maximum atomic E-state index is 12.6. The summed E-state index contributed by atoms with van der Waals surface area (Å²) in [5.41, 5.74) is 0.263. The number of aryl methyl sites for hydroxylation is 1. The molecule has 3 rings (SSSR count). The molecule has 2 aromatic rings. The Kier molecular flexibility index (Phi) is 4.02. The minimum atomic E-state index is -0.776. The van der Waals surface area contributed by atoms with E-state index in [2.05, 4.69) is 5.32 Å². The van der Waals surface area contributed by atoms with Gasteiger partial charge in [0.1, 0.15) is 5.57 Å². The van der Waals surface area contributed by atoms with Crippen molar-refractivity contribution in [2.45, 2.75) is 6.92 Å². The summed E-state index contributed by atoms with van der Waals surface area (Å²) < 4.78 is 0. The molecule has 23 heavy (non-hydrogen) atoms. The topological polar surface area (TPSA) is 66.5 Å². The van der Waals surface area contributed by atoms with Crippen molar-refractivity contribution in [2.75, 3.05) is 4.90 Å². The van der Waals surface area contributed by atoms with Gasteiger partial charge in [-0.25, -0.2) is 9.69 Å². The smallest absolute Gasteiger partial charge is 0.273 e. The zero-order valence-electron chi connectivity index (χ0n) is 12.0. The monoisotopic (exact) mass is 346 g/mol. The van der Waals surface area contributed by atoms with Gasteiger partial charge in [0.05, 0.1) is 5.69 Å². The van der Waals surface area contributed by atoms with E-state index in [-0.39, 0.29) is 5.57 Å². The number of amides is 4. The van der Waals surface area contributed by atoms with Gasteiger partial charge in [0.25, 0.3) is 11.8 Å². The van der Waals surface area contributed by atoms with E-state index >= 15 is 0 Å². The zero-order valence-corrected chi connectivity index (χ0v) is 13.6. The standard InChI is InChI=1S/C16H11ClN2O3S/c1-9-2-7-12(23-9)8-13-14(20)18-16(22)19(15(13)21)11-5-3-10(17)4-6-11/h2-8H,1H3,(H,18,20,22). The number of hydrogen-bond acceptors (Lipinski definition) is 4. The molecule has 0 spiro atoms. The molecule has 0 bridgehead atoms. The second-order valence-corrected chi connectivity index (χ2v) is 6.64. The fourth-order valence-corrected chi connectivity index (χ4v) is 3.10. The van der Waals surface area contributed by atoms with E-state index in [4.69, 9.17) is 11.6 Å². The van der Waals surface area contributed by atoms with Gasteiger partial charge in [-0.3, -0.25) is 14.9 Å². The molecule has 5 nitrogen and oxygen atoms in total. The predicted octanol–water partition coefficient (Wildman–Crippen LogP) is 3.38. The largest absolute Gasteiger partial charge is 0.335 e. The summed E-state index contributed by atoms with van der Waals surface area (Å²) in [4.78, 5) is 39.4. The lowest BCUT2D eigenvalue weighted by Gasteiger charge is -2.26. The van der Waals surface area contributed by atoms with Gasteiger partial charge < -0.3 is 0 Å². The molecular formula is C16H11ClN2O3S. The summed E-state index contributed by atoms with van der Waals surface area (Å²) in [5.74, 6) is -1.36. The normalized spacial score (nSPS) is 16.9. The van der Waals surface area contributed by atoms with Crippen LogP contribution in [0.25, 0.3) is 6.08 Å². The van der Waals surface area contributed by atoms with Crippen LogP contribution in [-0.2, 0) is 9.59 Å². The van der Waals surface area contributed by atoms with Crippen molar-refractivity contribution >= 4 is 52.5 Å². The summed E-state index contributed by atoms with van der Waals surface area (Å²) in [5, 5.41) is 2.67. The Labute approximate surface area is 141 Å². The summed E-state index contributed by atoms with van der Waals surface area (Å²) in [6.45, 7) is 1.93. The van der Waals surface area contributed by atoms with Gasteiger partial charge in [0.15, 0.2) is 0 Å². The number of nitrogens with zero attached hydrogens (tertiary/aromatic N) is 1. The lowest BCUT2D eigenvalue weighted by Crippen LogP contribution is -2.54. The first-order chi connectivity index (χ1) is 11.0. The van der Waals surface area contributed by atoms with Crippen molar-refractivity contribution in [1.82, 2.24) is 5.32 Å². The average Bonchev–Trinajstić information content (AvgIpc) is 2.91. The predicted molar refractivity (Wildman–Crippen MR) is 89.5 cm³/mol. The number of urea groups is 1. The molecule has 1 aliphatic rings. The summed E-state index contributed by atoms with van der Waals surface area (Å²) >= 11 is 7.27. The lowest BCUT2D eigenvalue weighted by atomic mass is 10.1. The maximum Gasteiger partial charge on any atom is 0.335 e. The van der Waals surface area contributed by atoms with Crippen molar-refractivity contribution in [3.05, 3.63) is 56.7 Å². The van der Waals surface area contributed by atoms with Crippen LogP contribution < -0.4 is 10.2 Å². The molecule has 1 N–H and O–H groups in total. The molecule has 1 aliphatic heterocycles. The first-order valence-corrected chi connectivity index (χ1v) is 7.88. The number of carbonyl (C=O) groups excluding carboxylic acids is 3. The molecule has 2 heterocycles. The van der Waals surface area contributed by atoms with Gasteiger partial charge in [-0.15, -0.1) is 11.3 Å². The third kappa shape index (κ3) is 3.04. The minimum absolute atomic E-state index is 0.0820. The summed E-state index contributed by atoms with van der Waals surface area (Å²) in [6.07, 6.45) is 1.49. The molecule has 116 valence electrons. The fraction of sp³-hybridized carbons (Fsp3) is 0.0625. The number of benzene rings is 1. The Balaban J connectivity index is 2.00. The molecule has 0 unspecified atom stereocenters. The van der Waals surface area contributed by atoms with E-state index in [1.165, 1.54) is 17.4 Å². The van der Waals surface area contributed by atoms with Crippen LogP contribution in [0.1, 0.15) is 9.75 Å². The van der Waals surface area contributed by atoms with Crippen molar-refractivity contribution < 1.29 is 14.4 Å². The van der Waals surface area contributed by atoms with E-state index < -0.39 is 17.8 Å². The van der Waals surface area contributed by atoms with E-state index in [0.717, 1.165) is 14.7 Å². The molecule has 1 aromatic carbocycles. The zero-order chi connectivity index (χ0) is 16.6. The van der Waals surface area contributed by atoms with Crippen LogP contribution in [0.3, 0.4) is 0 Å². The number of imide groups is 2.